The first-order chi connectivity index (χ1) is 30.6. The summed E-state index contributed by atoms with van der Waals surface area (Å²) in [7, 11) is -6.22. The number of sulfone groups is 2. The van der Waals surface area contributed by atoms with Gasteiger partial charge in [-0.1, -0.05) is 30.0 Å². The molecule has 6 N–H and O–H groups in total. The number of aliphatic hydroxyl groups is 1. The van der Waals surface area contributed by atoms with Crippen molar-refractivity contribution in [2.24, 2.45) is 0 Å². The fourth-order valence-electron chi connectivity index (χ4n) is 6.37. The van der Waals surface area contributed by atoms with E-state index in [0.717, 1.165) is 29.4 Å². The van der Waals surface area contributed by atoms with Crippen LogP contribution in [0.5, 0.6) is 5.75 Å². The van der Waals surface area contributed by atoms with Crippen LogP contribution in [0.15, 0.2) is 85.2 Å². The highest BCUT2D eigenvalue weighted by Crippen LogP contribution is 2.31. The van der Waals surface area contributed by atoms with Gasteiger partial charge in [-0.15, -0.1) is 0 Å². The third kappa shape index (κ3) is 11.1. The molecule has 0 aliphatic heterocycles. The number of aryl methyl sites for hydroxylation is 2. The fraction of sp³-hybridized carbons (Fsp3) is 0.279. The molecule has 4 aromatic carbocycles. The summed E-state index contributed by atoms with van der Waals surface area (Å²) in [4.78, 5) is 35.1. The number of hydrogen-bond acceptors (Lipinski definition) is 13. The molecule has 2 atom stereocenters. The van der Waals surface area contributed by atoms with E-state index in [1.54, 1.807) is 60.9 Å². The third-order valence-corrected chi connectivity index (χ3v) is 14.8. The van der Waals surface area contributed by atoms with E-state index in [4.69, 9.17) is 20.3 Å². The van der Waals surface area contributed by atoms with Crippen LogP contribution < -0.4 is 21.0 Å². The average Bonchev–Trinajstić information content (AvgIpc) is 3.89. The Bertz CT molecular complexity index is 3080. The summed E-state index contributed by atoms with van der Waals surface area (Å²) in [6.07, 6.45) is 5.03. The summed E-state index contributed by atoms with van der Waals surface area (Å²) in [5, 5.41) is 39.0. The number of carbonyl (C=O) groups excluding carboxylic acids is 3. The van der Waals surface area contributed by atoms with Crippen LogP contribution in [0.4, 0.5) is 14.5 Å². The molecule has 6 aromatic rings. The van der Waals surface area contributed by atoms with Crippen molar-refractivity contribution in [2.45, 2.75) is 49.3 Å². The van der Waals surface area contributed by atoms with Gasteiger partial charge in [-0.05, 0) is 86.8 Å². The molecule has 0 aliphatic carbocycles. The number of amides is 3. The summed E-state index contributed by atoms with van der Waals surface area (Å²) < 4.78 is 81.5. The van der Waals surface area contributed by atoms with Gasteiger partial charge < -0.3 is 15.2 Å². The second kappa shape index (κ2) is 20.0. The number of aromatic nitrogens is 4. The monoisotopic (exact) mass is 937 g/mol. The molecule has 18 nitrogen and oxygen atoms in total. The number of methoxy groups -OCH3 is 1. The standard InChI is InChI=1S/C23H23FN4O6S.C20H22FN3O5S/c1-23(22(31)27-32,35(2,33)34)9-10-28-13-17-11-15(5-7-19(17)26-28)3-4-16-6-8-20(18(24)12-16)25-21(30)14-29;1-20(19(25)23-26,30(3,27)28)9-10-24-12-14-11-13(7-8-16(14)22-24)15-5-4-6-17(29-2)18(15)21/h5-8,11-13,29,32H,9-10,14H2,1-2H3,(H,25,30)(H,27,31);4-8,11-12,26H,9-10H2,1-3H3,(H,23,25)/t23-;20-/m11/s1. The van der Waals surface area contributed by atoms with E-state index >= 15 is 0 Å². The molecule has 0 bridgehead atoms. The van der Waals surface area contributed by atoms with Crippen molar-refractivity contribution < 1.29 is 60.3 Å². The zero-order valence-electron chi connectivity index (χ0n) is 35.6. The molecule has 65 heavy (non-hydrogen) atoms. The number of benzene rings is 4. The Balaban J connectivity index is 0.000000247. The maximum Gasteiger partial charge on any atom is 0.264 e. The fourth-order valence-corrected chi connectivity index (χ4v) is 8.06. The van der Waals surface area contributed by atoms with E-state index in [-0.39, 0.29) is 37.4 Å². The molecule has 0 spiro atoms. The van der Waals surface area contributed by atoms with Gasteiger partial charge in [0.05, 0.1) is 23.8 Å². The van der Waals surface area contributed by atoms with Crippen LogP contribution in [0, 0.1) is 23.5 Å². The lowest BCUT2D eigenvalue weighted by Gasteiger charge is -2.24. The molecule has 2 heterocycles. The average molecular weight is 938 g/mol. The van der Waals surface area contributed by atoms with Crippen LogP contribution in [0.3, 0.4) is 0 Å². The van der Waals surface area contributed by atoms with Crippen LogP contribution in [0.1, 0.15) is 37.8 Å². The van der Waals surface area contributed by atoms with Gasteiger partial charge in [-0.25, -0.2) is 36.6 Å². The predicted molar refractivity (Wildman–Crippen MR) is 235 cm³/mol. The zero-order valence-corrected chi connectivity index (χ0v) is 37.2. The van der Waals surface area contributed by atoms with Gasteiger partial charge in [0.1, 0.15) is 12.4 Å². The molecular formula is C43H45F2N7O11S2. The minimum absolute atomic E-state index is 0.0631. The van der Waals surface area contributed by atoms with Gasteiger partial charge in [0.25, 0.3) is 11.8 Å². The SMILES string of the molecule is COc1cccc(-c2ccc3nn(CC[C@](C)(C(=O)NO)S(C)(=O)=O)cc3c2)c1F.C[C@@](CCn1cc2cc(C#Cc3ccc(NC(=O)CO)c(F)c3)ccc2n1)(C(=O)NO)S(C)(=O)=O. The van der Waals surface area contributed by atoms with Crippen molar-refractivity contribution in [1.29, 1.82) is 0 Å². The van der Waals surface area contributed by atoms with Crippen molar-refractivity contribution in [2.75, 3.05) is 31.5 Å². The third-order valence-electron chi connectivity index (χ3n) is 10.8. The quantitative estimate of drug-likeness (QED) is 0.0517. The van der Waals surface area contributed by atoms with Gasteiger partial charge in [0, 0.05) is 65.5 Å². The highest BCUT2D eigenvalue weighted by Gasteiger charge is 2.44. The number of aliphatic hydroxyl groups excluding tert-OH is 1. The maximum atomic E-state index is 14.6. The largest absolute Gasteiger partial charge is 0.494 e. The van der Waals surface area contributed by atoms with Crippen LogP contribution in [-0.4, -0.2) is 105 Å². The number of nitrogens with one attached hydrogen (secondary N) is 3. The summed E-state index contributed by atoms with van der Waals surface area (Å²) in [6.45, 7) is 1.95. The number of carbonyl (C=O) groups is 3. The van der Waals surface area contributed by atoms with Crippen LogP contribution >= 0.6 is 0 Å². The summed E-state index contributed by atoms with van der Waals surface area (Å²) in [5.74, 6) is 1.99. The number of ether oxygens (including phenoxy) is 1. The Hall–Kier alpha value is -6.77. The van der Waals surface area contributed by atoms with Crippen LogP contribution in [0.25, 0.3) is 32.9 Å². The molecule has 0 saturated heterocycles. The molecular weight excluding hydrogens is 893 g/mol. The van der Waals surface area contributed by atoms with Crippen molar-refractivity contribution in [3.05, 3.63) is 108 Å². The first-order valence-corrected chi connectivity index (χ1v) is 23.1. The first kappa shape index (κ1) is 49.2. The molecule has 0 fully saturated rings. The number of fused-ring (bicyclic) bond motifs is 2. The van der Waals surface area contributed by atoms with Gasteiger partial charge in [0.15, 0.2) is 40.7 Å². The smallest absolute Gasteiger partial charge is 0.264 e. The highest BCUT2D eigenvalue weighted by molar-refractivity contribution is 7.93. The minimum Gasteiger partial charge on any atom is -0.494 e. The minimum atomic E-state index is -3.82. The molecule has 0 unspecified atom stereocenters. The Morgan fingerprint density at radius 1 is 0.754 bits per heavy atom. The number of anilines is 1. The highest BCUT2D eigenvalue weighted by atomic mass is 32.2. The molecule has 3 amide bonds. The molecule has 0 saturated carbocycles. The van der Waals surface area contributed by atoms with E-state index in [9.17, 15) is 40.0 Å². The van der Waals surface area contributed by atoms with Gasteiger partial charge in [0.2, 0.25) is 5.91 Å². The van der Waals surface area contributed by atoms with Gasteiger partial charge in [-0.3, -0.25) is 34.2 Å². The number of hydrogen-bond donors (Lipinski definition) is 6. The van der Waals surface area contributed by atoms with E-state index in [2.05, 4.69) is 27.4 Å². The molecule has 0 radical (unpaired) electrons. The Kier molecular flexibility index (Phi) is 15.1. The van der Waals surface area contributed by atoms with Crippen molar-refractivity contribution in [1.82, 2.24) is 30.5 Å². The van der Waals surface area contributed by atoms with Crippen LogP contribution in [0.2, 0.25) is 0 Å². The van der Waals surface area contributed by atoms with Gasteiger partial charge >= 0.3 is 0 Å². The molecule has 344 valence electrons. The number of rotatable bonds is 14. The van der Waals surface area contributed by atoms with E-state index < -0.39 is 65.1 Å². The second-order valence-corrected chi connectivity index (χ2v) is 20.1. The van der Waals surface area contributed by atoms with Crippen molar-refractivity contribution in [3.63, 3.8) is 0 Å². The van der Waals surface area contributed by atoms with Crippen LogP contribution in [-0.2, 0) is 47.1 Å². The van der Waals surface area contributed by atoms with E-state index in [0.29, 0.717) is 33.3 Å². The lowest BCUT2D eigenvalue weighted by molar-refractivity contribution is -0.132. The van der Waals surface area contributed by atoms with Crippen molar-refractivity contribution >= 4 is 64.9 Å². The molecule has 2 aromatic heterocycles. The Labute approximate surface area is 372 Å². The molecule has 6 rings (SSSR count). The summed E-state index contributed by atoms with van der Waals surface area (Å²) in [6, 6.07) is 19.4. The van der Waals surface area contributed by atoms with E-state index in [1.807, 2.05) is 0 Å². The summed E-state index contributed by atoms with van der Waals surface area (Å²) in [5.41, 5.74) is 6.05. The lowest BCUT2D eigenvalue weighted by atomic mass is 10.0. The predicted octanol–water partition coefficient (Wildman–Crippen LogP) is 3.75. The normalized spacial score (nSPS) is 13.3. The number of nitrogens with zero attached hydrogens (tertiary/aromatic N) is 4. The maximum absolute atomic E-state index is 14.6. The number of halogens is 2. The molecule has 22 heteroatoms. The zero-order chi connectivity index (χ0) is 47.9. The number of hydroxylamine groups is 2. The topological polar surface area (TPSA) is 261 Å². The molecule has 0 aliphatic rings. The van der Waals surface area contributed by atoms with Crippen molar-refractivity contribution in [3.8, 4) is 28.7 Å². The van der Waals surface area contributed by atoms with Gasteiger partial charge in [-0.2, -0.15) is 10.2 Å². The summed E-state index contributed by atoms with van der Waals surface area (Å²) >= 11 is 0. The lowest BCUT2D eigenvalue weighted by Crippen LogP contribution is -2.49. The second-order valence-electron chi connectivity index (χ2n) is 15.2. The first-order valence-electron chi connectivity index (χ1n) is 19.3. The van der Waals surface area contributed by atoms with E-state index in [1.165, 1.54) is 59.5 Å². The Morgan fingerprint density at radius 2 is 1.26 bits per heavy atom. The Morgan fingerprint density at radius 3 is 1.75 bits per heavy atom.